The number of carbonyl (C=O) groups is 2. The zero-order valence-corrected chi connectivity index (χ0v) is 15.3. The van der Waals surface area contributed by atoms with Crippen LogP contribution in [0.15, 0.2) is 24.3 Å². The van der Waals surface area contributed by atoms with Gasteiger partial charge in [0.25, 0.3) is 0 Å². The number of hydrogen-bond acceptors (Lipinski definition) is 3. The molecule has 0 atom stereocenters. The summed E-state index contributed by atoms with van der Waals surface area (Å²) in [6, 6.07) is 2.85. The molecule has 0 saturated heterocycles. The Balaban J connectivity index is 0.00000108. The maximum Gasteiger partial charge on any atom is 0.341 e. The molecule has 1 N–H and O–H groups in total. The van der Waals surface area contributed by atoms with E-state index in [1.165, 1.54) is 12.1 Å². The lowest BCUT2D eigenvalue weighted by Gasteiger charge is -2.10. The van der Waals surface area contributed by atoms with Crippen LogP contribution < -0.4 is 4.74 Å². The Morgan fingerprint density at radius 1 is 1.22 bits per heavy atom. The number of hydrogen-bond donors (Lipinski definition) is 1. The molecule has 0 fully saturated rings. The molecule has 0 aliphatic rings. The smallest absolute Gasteiger partial charge is 0.341 e. The highest BCUT2D eigenvalue weighted by molar-refractivity contribution is 6.45. The number of Topliss-reactive ketones (excluding diaryl/α,β-unsaturated/α-hetero) is 1. The number of benzene rings is 1. The molecule has 0 spiro atoms. The summed E-state index contributed by atoms with van der Waals surface area (Å²) < 4.78 is 4.95. The molecule has 0 saturated carbocycles. The second-order valence-corrected chi connectivity index (χ2v) is 6.20. The van der Waals surface area contributed by atoms with Gasteiger partial charge in [0.1, 0.15) is 10.8 Å². The van der Waals surface area contributed by atoms with E-state index < -0.39 is 12.6 Å². The summed E-state index contributed by atoms with van der Waals surface area (Å²) in [5, 5.41) is 8.56. The third kappa shape index (κ3) is 7.53. The van der Waals surface area contributed by atoms with E-state index in [0.29, 0.717) is 12.0 Å². The number of allylic oxidation sites excluding steroid dienone is 1. The van der Waals surface area contributed by atoms with Crippen molar-refractivity contribution >= 4 is 35.0 Å². The summed E-state index contributed by atoms with van der Waals surface area (Å²) in [4.78, 5) is 22.4. The van der Waals surface area contributed by atoms with Crippen LogP contribution in [0.25, 0.3) is 0 Å². The molecule has 0 amide bonds. The molecule has 0 unspecified atom stereocenters. The lowest BCUT2D eigenvalue weighted by Crippen LogP contribution is -2.10. The monoisotopic (exact) mass is 360 g/mol. The highest BCUT2D eigenvalue weighted by atomic mass is 35.5. The first kappa shape index (κ1) is 21.5. The van der Waals surface area contributed by atoms with Crippen molar-refractivity contribution in [1.82, 2.24) is 0 Å². The van der Waals surface area contributed by atoms with E-state index in [9.17, 15) is 9.59 Å². The first-order chi connectivity index (χ1) is 10.6. The molecule has 0 aromatic heterocycles. The molecule has 1 rings (SSSR count). The number of ether oxygens (including phenoxy) is 1. The molecule has 128 valence electrons. The van der Waals surface area contributed by atoms with Gasteiger partial charge in [-0.3, -0.25) is 4.79 Å². The molecular formula is C17H22Cl2O4. The van der Waals surface area contributed by atoms with Crippen molar-refractivity contribution in [1.29, 1.82) is 0 Å². The molecule has 6 heteroatoms. The maximum absolute atomic E-state index is 11.9. The second-order valence-electron chi connectivity index (χ2n) is 5.44. The Morgan fingerprint density at radius 3 is 2.17 bits per heavy atom. The van der Waals surface area contributed by atoms with Gasteiger partial charge in [-0.15, -0.1) is 0 Å². The van der Waals surface area contributed by atoms with Crippen molar-refractivity contribution in [3.05, 3.63) is 39.9 Å². The van der Waals surface area contributed by atoms with Crippen molar-refractivity contribution in [2.45, 2.75) is 34.1 Å². The number of carbonyl (C=O) groups excluding carboxylic acids is 1. The Hall–Kier alpha value is -1.52. The molecule has 0 heterocycles. The zero-order chi connectivity index (χ0) is 18.2. The van der Waals surface area contributed by atoms with E-state index in [1.807, 2.05) is 0 Å². The van der Waals surface area contributed by atoms with Crippen LogP contribution in [0.2, 0.25) is 10.0 Å². The van der Waals surface area contributed by atoms with Crippen molar-refractivity contribution in [2.75, 3.05) is 6.61 Å². The molecule has 0 radical (unpaired) electrons. The van der Waals surface area contributed by atoms with Crippen LogP contribution in [0.3, 0.4) is 0 Å². The molecule has 4 nitrogen and oxygen atoms in total. The number of ketones is 1. The van der Waals surface area contributed by atoms with E-state index in [0.717, 1.165) is 5.92 Å². The predicted octanol–water partition coefficient (Wildman–Crippen LogP) is 5.27. The quantitative estimate of drug-likeness (QED) is 0.554. The summed E-state index contributed by atoms with van der Waals surface area (Å²) in [5.74, 6) is -0.474. The predicted molar refractivity (Wildman–Crippen MR) is 93.9 cm³/mol. The largest absolute Gasteiger partial charge is 0.480 e. The van der Waals surface area contributed by atoms with Gasteiger partial charge in [-0.05, 0) is 30.0 Å². The van der Waals surface area contributed by atoms with Gasteiger partial charge in [0.05, 0.1) is 5.02 Å². The Bertz CT molecular complexity index is 577. The fourth-order valence-corrected chi connectivity index (χ4v) is 1.77. The maximum atomic E-state index is 11.9. The molecule has 0 aliphatic heterocycles. The normalized spacial score (nSPS) is 9.87. The lowest BCUT2D eigenvalue weighted by atomic mass is 10.0. The molecule has 23 heavy (non-hydrogen) atoms. The number of aliphatic carboxylic acids is 1. The van der Waals surface area contributed by atoms with Gasteiger partial charge in [0, 0.05) is 5.56 Å². The highest BCUT2D eigenvalue weighted by Crippen LogP contribution is 2.35. The first-order valence-electron chi connectivity index (χ1n) is 7.16. The van der Waals surface area contributed by atoms with E-state index >= 15 is 0 Å². The van der Waals surface area contributed by atoms with Crippen molar-refractivity contribution < 1.29 is 19.4 Å². The Kier molecular flexibility index (Phi) is 9.61. The summed E-state index contributed by atoms with van der Waals surface area (Å²) in [5.41, 5.74) is 0.637. The van der Waals surface area contributed by atoms with Crippen LogP contribution in [0.1, 0.15) is 44.5 Å². The van der Waals surface area contributed by atoms with Crippen LogP contribution in [0.5, 0.6) is 5.75 Å². The van der Waals surface area contributed by atoms with Crippen LogP contribution in [0.4, 0.5) is 0 Å². The molecule has 1 aromatic carbocycles. The molecular weight excluding hydrogens is 339 g/mol. The van der Waals surface area contributed by atoms with Gasteiger partial charge in [-0.1, -0.05) is 57.5 Å². The van der Waals surface area contributed by atoms with Crippen molar-refractivity contribution in [2.24, 2.45) is 5.92 Å². The minimum Gasteiger partial charge on any atom is -0.480 e. The fourth-order valence-electron chi connectivity index (χ4n) is 1.31. The minimum atomic E-state index is -1.13. The standard InChI is InChI=1S/C13H12Cl2O4.C4H10/c1-3-7(2)13(18)8-4-5-9(12(15)11(8)14)19-6-10(16)17;1-4(2)3/h4-5H,2-3,6H2,1H3,(H,16,17);4H,1-3H3. The van der Waals surface area contributed by atoms with Crippen molar-refractivity contribution in [3.8, 4) is 5.75 Å². The SMILES string of the molecule is C=C(CC)C(=O)c1ccc(OCC(=O)O)c(Cl)c1Cl.CC(C)C. The minimum absolute atomic E-state index is 0.0117. The lowest BCUT2D eigenvalue weighted by molar-refractivity contribution is -0.139. The van der Waals surface area contributed by atoms with Crippen LogP contribution in [-0.2, 0) is 4.79 Å². The first-order valence-corrected chi connectivity index (χ1v) is 7.92. The third-order valence-corrected chi connectivity index (χ3v) is 3.26. The summed E-state index contributed by atoms with van der Waals surface area (Å²) >= 11 is 11.9. The van der Waals surface area contributed by atoms with Gasteiger partial charge in [0.2, 0.25) is 0 Å². The van der Waals surface area contributed by atoms with Crippen LogP contribution in [-0.4, -0.2) is 23.5 Å². The van der Waals surface area contributed by atoms with E-state index in [2.05, 4.69) is 27.4 Å². The van der Waals surface area contributed by atoms with E-state index in [-0.39, 0.29) is 27.1 Å². The number of halogens is 2. The average molecular weight is 361 g/mol. The third-order valence-electron chi connectivity index (χ3n) is 2.39. The van der Waals surface area contributed by atoms with Gasteiger partial charge in [-0.2, -0.15) is 0 Å². The summed E-state index contributed by atoms with van der Waals surface area (Å²) in [7, 11) is 0. The molecule has 0 bridgehead atoms. The molecule has 1 aromatic rings. The van der Waals surface area contributed by atoms with Gasteiger partial charge in [0.15, 0.2) is 12.4 Å². The summed E-state index contributed by atoms with van der Waals surface area (Å²) in [6.45, 7) is 11.4. The Labute approximate surface area is 147 Å². The second kappa shape index (κ2) is 10.3. The zero-order valence-electron chi connectivity index (χ0n) is 13.8. The van der Waals surface area contributed by atoms with E-state index in [4.69, 9.17) is 33.0 Å². The van der Waals surface area contributed by atoms with Crippen LogP contribution >= 0.6 is 23.2 Å². The Morgan fingerprint density at radius 2 is 1.74 bits per heavy atom. The molecule has 0 aliphatic carbocycles. The number of carboxylic acid groups (broad SMARTS) is 1. The topological polar surface area (TPSA) is 63.6 Å². The van der Waals surface area contributed by atoms with Gasteiger partial charge >= 0.3 is 5.97 Å². The van der Waals surface area contributed by atoms with Crippen molar-refractivity contribution in [3.63, 3.8) is 0 Å². The number of carboxylic acids is 1. The van der Waals surface area contributed by atoms with Gasteiger partial charge in [-0.25, -0.2) is 4.79 Å². The summed E-state index contributed by atoms with van der Waals surface area (Å²) in [6.07, 6.45) is 0.504. The number of rotatable bonds is 6. The average Bonchev–Trinajstić information content (AvgIpc) is 2.46. The van der Waals surface area contributed by atoms with E-state index in [1.54, 1.807) is 6.92 Å². The highest BCUT2D eigenvalue weighted by Gasteiger charge is 2.18. The van der Waals surface area contributed by atoms with Crippen LogP contribution in [0, 0.1) is 5.92 Å². The fraction of sp³-hybridized carbons (Fsp3) is 0.412. The van der Waals surface area contributed by atoms with Gasteiger partial charge < -0.3 is 9.84 Å².